The van der Waals surface area contributed by atoms with Gasteiger partial charge in [0.05, 0.1) is 6.54 Å². The third-order valence-corrected chi connectivity index (χ3v) is 5.69. The Kier molecular flexibility index (Phi) is 6.29. The minimum absolute atomic E-state index is 0.0282. The van der Waals surface area contributed by atoms with Crippen molar-refractivity contribution in [3.63, 3.8) is 0 Å². The van der Waals surface area contributed by atoms with Gasteiger partial charge in [-0.1, -0.05) is 55.8 Å². The first-order chi connectivity index (χ1) is 15.7. The second-order valence-corrected chi connectivity index (χ2v) is 8.91. The van der Waals surface area contributed by atoms with Crippen molar-refractivity contribution < 1.29 is 9.53 Å². The molecule has 4 rings (SSSR count). The largest absolute Gasteiger partial charge is 0.480 e. The smallest absolute Gasteiger partial charge is 0.330 e. The number of benzene rings is 2. The number of fused-ring (bicyclic) bond motifs is 1. The first-order valence-electron chi connectivity index (χ1n) is 10.7. The first-order valence-corrected chi connectivity index (χ1v) is 11.1. The van der Waals surface area contributed by atoms with Gasteiger partial charge in [0.2, 0.25) is 0 Å². The molecule has 33 heavy (non-hydrogen) atoms. The highest BCUT2D eigenvalue weighted by Crippen LogP contribution is 2.32. The molecule has 8 nitrogen and oxygen atoms in total. The van der Waals surface area contributed by atoms with Crippen LogP contribution in [0.1, 0.15) is 25.0 Å². The predicted octanol–water partition coefficient (Wildman–Crippen LogP) is 2.81. The van der Waals surface area contributed by atoms with E-state index < -0.39 is 23.3 Å². The van der Waals surface area contributed by atoms with Gasteiger partial charge >= 0.3 is 5.69 Å². The number of H-pyrrole nitrogens is 1. The Labute approximate surface area is 195 Å². The molecule has 172 valence electrons. The lowest BCUT2D eigenvalue weighted by atomic mass is 10.1. The molecular weight excluding hydrogens is 444 g/mol. The third-order valence-electron chi connectivity index (χ3n) is 5.45. The molecule has 1 amide bonds. The first kappa shape index (κ1) is 22.7. The molecule has 0 spiro atoms. The molecule has 0 saturated heterocycles. The molecule has 1 atom stereocenters. The molecule has 3 N–H and O–H groups in total. The number of aromatic amines is 1. The van der Waals surface area contributed by atoms with Crippen molar-refractivity contribution in [1.29, 1.82) is 0 Å². The number of anilines is 2. The second kappa shape index (κ2) is 9.15. The predicted molar refractivity (Wildman–Crippen MR) is 128 cm³/mol. The summed E-state index contributed by atoms with van der Waals surface area (Å²) in [6, 6.07) is 14.4. The zero-order chi connectivity index (χ0) is 23.7. The van der Waals surface area contributed by atoms with Crippen LogP contribution >= 0.6 is 11.6 Å². The highest BCUT2D eigenvalue weighted by Gasteiger charge is 2.35. The summed E-state index contributed by atoms with van der Waals surface area (Å²) in [5.74, 6) is 0.136. The van der Waals surface area contributed by atoms with Gasteiger partial charge in [0.1, 0.15) is 11.6 Å². The molecule has 2 heterocycles. The molecule has 0 saturated carbocycles. The van der Waals surface area contributed by atoms with Crippen LogP contribution in [-0.4, -0.2) is 28.1 Å². The van der Waals surface area contributed by atoms with E-state index >= 15 is 0 Å². The summed E-state index contributed by atoms with van der Waals surface area (Å²) in [4.78, 5) is 42.6. The van der Waals surface area contributed by atoms with Gasteiger partial charge in [-0.3, -0.25) is 19.1 Å². The number of carbonyl (C=O) groups is 1. The van der Waals surface area contributed by atoms with Crippen LogP contribution in [0, 0.1) is 5.92 Å². The Morgan fingerprint density at radius 3 is 2.67 bits per heavy atom. The van der Waals surface area contributed by atoms with Crippen LogP contribution in [0.4, 0.5) is 11.5 Å². The average molecular weight is 469 g/mol. The highest BCUT2D eigenvalue weighted by atomic mass is 35.5. The van der Waals surface area contributed by atoms with E-state index in [0.29, 0.717) is 17.2 Å². The Morgan fingerprint density at radius 1 is 1.24 bits per heavy atom. The molecule has 0 bridgehead atoms. The molecule has 0 fully saturated rings. The summed E-state index contributed by atoms with van der Waals surface area (Å²) >= 11 is 6.07. The number of halogens is 1. The molecule has 2 aromatic carbocycles. The Bertz CT molecular complexity index is 1300. The van der Waals surface area contributed by atoms with Gasteiger partial charge in [0.15, 0.2) is 11.8 Å². The number of nitrogens with one attached hydrogen (secondary N) is 1. The van der Waals surface area contributed by atoms with Crippen LogP contribution in [0.15, 0.2) is 58.1 Å². The number of amides is 1. The highest BCUT2D eigenvalue weighted by molar-refractivity contribution is 6.30. The Morgan fingerprint density at radius 2 is 1.97 bits per heavy atom. The van der Waals surface area contributed by atoms with Gasteiger partial charge in [-0.05, 0) is 35.2 Å². The van der Waals surface area contributed by atoms with Crippen molar-refractivity contribution >= 4 is 29.0 Å². The van der Waals surface area contributed by atoms with Crippen molar-refractivity contribution in [1.82, 2.24) is 9.55 Å². The zero-order valence-corrected chi connectivity index (χ0v) is 19.1. The minimum atomic E-state index is -0.828. The number of hydrogen-bond donors (Lipinski definition) is 2. The van der Waals surface area contributed by atoms with E-state index in [9.17, 15) is 14.4 Å². The summed E-state index contributed by atoms with van der Waals surface area (Å²) in [6.07, 6.45) is -0.504. The fraction of sp³-hybridized carbons (Fsp3) is 0.292. The van der Waals surface area contributed by atoms with E-state index in [1.54, 1.807) is 18.2 Å². The lowest BCUT2D eigenvalue weighted by Gasteiger charge is -2.28. The van der Waals surface area contributed by atoms with Gasteiger partial charge in [0.25, 0.3) is 11.5 Å². The van der Waals surface area contributed by atoms with Crippen LogP contribution < -0.4 is 26.6 Å². The standard InChI is InChI=1S/C24H25ClN4O4/c1-14(2)12-28(23(31)19-11-16-10-17(25)8-9-18(16)33-19)20-21(26)29(24(32)27-22(20)30)13-15-6-4-3-5-7-15/h3-10,14,19H,11-13,26H2,1-2H3,(H,27,30,32). The quantitative estimate of drug-likeness (QED) is 0.578. The number of nitrogens with two attached hydrogens (primary N) is 1. The van der Waals surface area contributed by atoms with Crippen molar-refractivity contribution in [3.05, 3.63) is 85.5 Å². The van der Waals surface area contributed by atoms with E-state index in [2.05, 4.69) is 4.98 Å². The topological polar surface area (TPSA) is 110 Å². The fourth-order valence-electron chi connectivity index (χ4n) is 3.95. The van der Waals surface area contributed by atoms with Crippen molar-refractivity contribution in [2.45, 2.75) is 32.9 Å². The Hall–Kier alpha value is -3.52. The lowest BCUT2D eigenvalue weighted by molar-refractivity contribution is -0.124. The summed E-state index contributed by atoms with van der Waals surface area (Å²) < 4.78 is 7.13. The van der Waals surface area contributed by atoms with Gasteiger partial charge in [-0.15, -0.1) is 0 Å². The summed E-state index contributed by atoms with van der Waals surface area (Å²) in [6.45, 7) is 4.23. The zero-order valence-electron chi connectivity index (χ0n) is 18.4. The summed E-state index contributed by atoms with van der Waals surface area (Å²) in [7, 11) is 0. The van der Waals surface area contributed by atoms with E-state index in [1.165, 1.54) is 9.47 Å². The SMILES string of the molecule is CC(C)CN(C(=O)C1Cc2cc(Cl)ccc2O1)c1c(N)n(Cc2ccccc2)c(=O)[nH]c1=O. The van der Waals surface area contributed by atoms with Gasteiger partial charge in [-0.25, -0.2) is 4.79 Å². The molecule has 9 heteroatoms. The number of hydrogen-bond acceptors (Lipinski definition) is 5. The van der Waals surface area contributed by atoms with E-state index in [-0.39, 0.29) is 30.5 Å². The van der Waals surface area contributed by atoms with Gasteiger partial charge < -0.3 is 15.4 Å². The molecule has 0 radical (unpaired) electrons. The van der Waals surface area contributed by atoms with Crippen molar-refractivity contribution in [2.75, 3.05) is 17.2 Å². The van der Waals surface area contributed by atoms with Crippen molar-refractivity contribution in [2.24, 2.45) is 5.92 Å². The maximum atomic E-state index is 13.6. The van der Waals surface area contributed by atoms with E-state index in [4.69, 9.17) is 22.1 Å². The molecule has 1 aromatic heterocycles. The normalized spacial score (nSPS) is 14.7. The molecule has 1 unspecified atom stereocenters. The number of rotatable bonds is 6. The number of carbonyl (C=O) groups excluding carboxylic acids is 1. The minimum Gasteiger partial charge on any atom is -0.480 e. The monoisotopic (exact) mass is 468 g/mol. The van der Waals surface area contributed by atoms with Crippen LogP contribution in [0.3, 0.4) is 0 Å². The van der Waals surface area contributed by atoms with Crippen LogP contribution in [0.2, 0.25) is 5.02 Å². The van der Waals surface area contributed by atoms with E-state index in [0.717, 1.165) is 11.1 Å². The van der Waals surface area contributed by atoms with Crippen LogP contribution in [0.5, 0.6) is 5.75 Å². The molecule has 1 aliphatic rings. The Balaban J connectivity index is 1.73. The van der Waals surface area contributed by atoms with Gasteiger partial charge in [0, 0.05) is 18.0 Å². The molecule has 3 aromatic rings. The molecule has 0 aliphatic carbocycles. The third kappa shape index (κ3) is 4.66. The number of aromatic nitrogens is 2. The number of ether oxygens (including phenoxy) is 1. The second-order valence-electron chi connectivity index (χ2n) is 8.47. The maximum absolute atomic E-state index is 13.6. The lowest BCUT2D eigenvalue weighted by Crippen LogP contribution is -2.47. The average Bonchev–Trinajstić information content (AvgIpc) is 3.19. The number of nitrogens with zero attached hydrogens (tertiary/aromatic N) is 2. The summed E-state index contributed by atoms with van der Waals surface area (Å²) in [5.41, 5.74) is 6.59. The van der Waals surface area contributed by atoms with E-state index in [1.807, 2.05) is 44.2 Å². The molecular formula is C24H25ClN4O4. The van der Waals surface area contributed by atoms with Crippen LogP contribution in [0.25, 0.3) is 0 Å². The van der Waals surface area contributed by atoms with Crippen LogP contribution in [-0.2, 0) is 17.8 Å². The van der Waals surface area contributed by atoms with Gasteiger partial charge in [-0.2, -0.15) is 0 Å². The number of nitrogen functional groups attached to an aromatic ring is 1. The molecule has 1 aliphatic heterocycles. The maximum Gasteiger partial charge on any atom is 0.330 e. The summed E-state index contributed by atoms with van der Waals surface area (Å²) in [5, 5.41) is 0.554. The van der Waals surface area contributed by atoms with Crippen molar-refractivity contribution in [3.8, 4) is 5.75 Å². The fourth-order valence-corrected chi connectivity index (χ4v) is 4.14.